The maximum Gasteiger partial charge on any atom is 0.0542 e. The summed E-state index contributed by atoms with van der Waals surface area (Å²) in [7, 11) is -0.856. The number of rotatable bonds is 5. The summed E-state index contributed by atoms with van der Waals surface area (Å²) in [6.07, 6.45) is 0. The fourth-order valence-corrected chi connectivity index (χ4v) is 2.15. The molecule has 1 rings (SSSR count). The van der Waals surface area contributed by atoms with Gasteiger partial charge in [0.25, 0.3) is 0 Å². The minimum atomic E-state index is -0.856. The van der Waals surface area contributed by atoms with Crippen molar-refractivity contribution in [1.29, 1.82) is 0 Å². The van der Waals surface area contributed by atoms with Crippen LogP contribution < -0.4 is 5.32 Å². The van der Waals surface area contributed by atoms with Gasteiger partial charge in [0.1, 0.15) is 0 Å². The molecular formula is C11H17NOS. The molecule has 1 unspecified atom stereocenters. The van der Waals surface area contributed by atoms with Crippen LogP contribution in [0, 0.1) is 6.92 Å². The van der Waals surface area contributed by atoms with Gasteiger partial charge in [0.05, 0.1) is 10.8 Å². The molecule has 0 saturated carbocycles. The number of hydrogen-bond acceptors (Lipinski definition) is 2. The van der Waals surface area contributed by atoms with Crippen LogP contribution in [0.25, 0.3) is 0 Å². The maximum absolute atomic E-state index is 11.7. The highest BCUT2D eigenvalue weighted by Gasteiger charge is 2.01. The SMILES string of the molecule is CCNCCS(=O)c1ccc(C)cc1. The zero-order chi connectivity index (χ0) is 10.4. The largest absolute Gasteiger partial charge is 0.316 e. The first kappa shape index (κ1) is 11.4. The lowest BCUT2D eigenvalue weighted by Gasteiger charge is -2.03. The second kappa shape index (κ2) is 5.94. The minimum Gasteiger partial charge on any atom is -0.316 e. The van der Waals surface area contributed by atoms with Crippen LogP contribution in [0.5, 0.6) is 0 Å². The first-order chi connectivity index (χ1) is 6.74. The molecule has 0 fully saturated rings. The first-order valence-electron chi connectivity index (χ1n) is 4.90. The van der Waals surface area contributed by atoms with Gasteiger partial charge in [-0.05, 0) is 25.6 Å². The number of hydrogen-bond donors (Lipinski definition) is 1. The summed E-state index contributed by atoms with van der Waals surface area (Å²) in [5.74, 6) is 0.691. The quantitative estimate of drug-likeness (QED) is 0.751. The van der Waals surface area contributed by atoms with E-state index in [1.54, 1.807) is 0 Å². The van der Waals surface area contributed by atoms with Crippen molar-refractivity contribution in [3.8, 4) is 0 Å². The predicted molar refractivity (Wildman–Crippen MR) is 61.0 cm³/mol. The fraction of sp³-hybridized carbons (Fsp3) is 0.455. The van der Waals surface area contributed by atoms with Crippen molar-refractivity contribution in [1.82, 2.24) is 5.32 Å². The van der Waals surface area contributed by atoms with Crippen LogP contribution in [0.3, 0.4) is 0 Å². The monoisotopic (exact) mass is 211 g/mol. The molecule has 0 amide bonds. The van der Waals surface area contributed by atoms with Gasteiger partial charge in [-0.1, -0.05) is 24.6 Å². The Morgan fingerprint density at radius 2 is 1.93 bits per heavy atom. The van der Waals surface area contributed by atoms with E-state index >= 15 is 0 Å². The molecule has 0 heterocycles. The highest BCUT2D eigenvalue weighted by Crippen LogP contribution is 2.07. The zero-order valence-corrected chi connectivity index (χ0v) is 9.56. The summed E-state index contributed by atoms with van der Waals surface area (Å²) in [6, 6.07) is 7.88. The fourth-order valence-electron chi connectivity index (χ4n) is 1.15. The third kappa shape index (κ3) is 3.60. The van der Waals surface area contributed by atoms with E-state index in [-0.39, 0.29) is 0 Å². The van der Waals surface area contributed by atoms with Crippen LogP contribution in [0.1, 0.15) is 12.5 Å². The molecule has 1 atom stereocenters. The molecular weight excluding hydrogens is 194 g/mol. The molecule has 0 aliphatic carbocycles. The van der Waals surface area contributed by atoms with E-state index in [4.69, 9.17) is 0 Å². The van der Waals surface area contributed by atoms with Crippen molar-refractivity contribution in [2.24, 2.45) is 0 Å². The van der Waals surface area contributed by atoms with Gasteiger partial charge in [-0.25, -0.2) is 0 Å². The second-order valence-electron chi connectivity index (χ2n) is 3.22. The Bertz CT molecular complexity index is 295. The Labute approximate surface area is 88.2 Å². The van der Waals surface area contributed by atoms with Gasteiger partial charge in [-0.2, -0.15) is 0 Å². The Balaban J connectivity index is 2.48. The van der Waals surface area contributed by atoms with E-state index in [1.165, 1.54) is 5.56 Å². The van der Waals surface area contributed by atoms with Crippen LogP contribution in [0.15, 0.2) is 29.2 Å². The summed E-state index contributed by atoms with van der Waals surface area (Å²) < 4.78 is 11.7. The van der Waals surface area contributed by atoms with E-state index in [1.807, 2.05) is 31.2 Å². The molecule has 1 aromatic rings. The lowest BCUT2D eigenvalue weighted by atomic mass is 10.2. The lowest BCUT2D eigenvalue weighted by molar-refractivity contribution is 0.677. The predicted octanol–water partition coefficient (Wildman–Crippen LogP) is 1.71. The molecule has 0 aliphatic heterocycles. The van der Waals surface area contributed by atoms with Crippen molar-refractivity contribution >= 4 is 10.8 Å². The van der Waals surface area contributed by atoms with E-state index in [9.17, 15) is 4.21 Å². The van der Waals surface area contributed by atoms with Crippen LogP contribution in [0.4, 0.5) is 0 Å². The number of benzene rings is 1. The molecule has 1 aromatic carbocycles. The summed E-state index contributed by atoms with van der Waals surface area (Å²) in [6.45, 7) is 5.84. The second-order valence-corrected chi connectivity index (χ2v) is 4.79. The van der Waals surface area contributed by atoms with Crippen LogP contribution in [-0.2, 0) is 10.8 Å². The zero-order valence-electron chi connectivity index (χ0n) is 8.75. The molecule has 0 aliphatic rings. The van der Waals surface area contributed by atoms with Gasteiger partial charge in [-0.3, -0.25) is 4.21 Å². The normalized spacial score (nSPS) is 12.7. The topological polar surface area (TPSA) is 29.1 Å². The Morgan fingerprint density at radius 3 is 2.50 bits per heavy atom. The van der Waals surface area contributed by atoms with E-state index in [2.05, 4.69) is 12.2 Å². The molecule has 0 spiro atoms. The Morgan fingerprint density at radius 1 is 1.29 bits per heavy atom. The van der Waals surface area contributed by atoms with Gasteiger partial charge < -0.3 is 5.32 Å². The number of aryl methyl sites for hydroxylation is 1. The van der Waals surface area contributed by atoms with Crippen molar-refractivity contribution in [2.75, 3.05) is 18.8 Å². The smallest absolute Gasteiger partial charge is 0.0542 e. The lowest BCUT2D eigenvalue weighted by Crippen LogP contribution is -2.19. The van der Waals surface area contributed by atoms with Crippen LogP contribution >= 0.6 is 0 Å². The van der Waals surface area contributed by atoms with Crippen molar-refractivity contribution < 1.29 is 4.21 Å². The van der Waals surface area contributed by atoms with E-state index in [0.717, 1.165) is 18.0 Å². The maximum atomic E-state index is 11.7. The van der Waals surface area contributed by atoms with Gasteiger partial charge in [0.15, 0.2) is 0 Å². The standard InChI is InChI=1S/C11H17NOS/c1-3-12-8-9-14(13)11-6-4-10(2)5-7-11/h4-7,12H,3,8-9H2,1-2H3. The molecule has 1 N–H and O–H groups in total. The average molecular weight is 211 g/mol. The molecule has 0 bridgehead atoms. The molecule has 0 radical (unpaired) electrons. The van der Waals surface area contributed by atoms with Crippen molar-refractivity contribution in [3.05, 3.63) is 29.8 Å². The summed E-state index contributed by atoms with van der Waals surface area (Å²) >= 11 is 0. The summed E-state index contributed by atoms with van der Waals surface area (Å²) in [5, 5.41) is 3.17. The third-order valence-corrected chi connectivity index (χ3v) is 3.37. The van der Waals surface area contributed by atoms with E-state index in [0.29, 0.717) is 5.75 Å². The third-order valence-electron chi connectivity index (χ3n) is 2.00. The molecule has 78 valence electrons. The van der Waals surface area contributed by atoms with Gasteiger partial charge in [0, 0.05) is 17.2 Å². The molecule has 0 aromatic heterocycles. The number of nitrogens with one attached hydrogen (secondary N) is 1. The highest BCUT2D eigenvalue weighted by atomic mass is 32.2. The van der Waals surface area contributed by atoms with E-state index < -0.39 is 10.8 Å². The summed E-state index contributed by atoms with van der Waals surface area (Å²) in [5.41, 5.74) is 1.21. The van der Waals surface area contributed by atoms with Crippen LogP contribution in [-0.4, -0.2) is 23.1 Å². The van der Waals surface area contributed by atoms with Crippen molar-refractivity contribution in [2.45, 2.75) is 18.7 Å². The minimum absolute atomic E-state index is 0.691. The van der Waals surface area contributed by atoms with Gasteiger partial charge in [-0.15, -0.1) is 0 Å². The first-order valence-corrected chi connectivity index (χ1v) is 6.21. The van der Waals surface area contributed by atoms with Gasteiger partial charge in [0.2, 0.25) is 0 Å². The Kier molecular flexibility index (Phi) is 4.84. The highest BCUT2D eigenvalue weighted by molar-refractivity contribution is 7.85. The molecule has 14 heavy (non-hydrogen) atoms. The molecule has 0 saturated heterocycles. The van der Waals surface area contributed by atoms with Crippen LogP contribution in [0.2, 0.25) is 0 Å². The summed E-state index contributed by atoms with van der Waals surface area (Å²) in [4.78, 5) is 0.925. The average Bonchev–Trinajstić information content (AvgIpc) is 2.19. The molecule has 2 nitrogen and oxygen atoms in total. The van der Waals surface area contributed by atoms with Crippen molar-refractivity contribution in [3.63, 3.8) is 0 Å². The van der Waals surface area contributed by atoms with Gasteiger partial charge >= 0.3 is 0 Å². The molecule has 3 heteroatoms. The Hall–Kier alpha value is -0.670.